The SMILES string of the molecule is CC(C)CCCCCCCO.NCCO.O=P(O)(O)O. The third-order valence-electron chi connectivity index (χ3n) is 2.07. The Kier molecular flexibility index (Phi) is 23.7. The molecule has 0 aromatic heterocycles. The van der Waals surface area contributed by atoms with Gasteiger partial charge in [-0.1, -0.05) is 46.0 Å². The molecule has 0 radical (unpaired) electrons. The van der Waals surface area contributed by atoms with Gasteiger partial charge in [-0.15, -0.1) is 0 Å². The fourth-order valence-corrected chi connectivity index (χ4v) is 1.19. The maximum atomic E-state index is 8.88. The second-order valence-electron chi connectivity index (χ2n) is 4.70. The van der Waals surface area contributed by atoms with Crippen LogP contribution in [-0.2, 0) is 4.57 Å². The van der Waals surface area contributed by atoms with Crippen molar-refractivity contribution in [3.8, 4) is 0 Å². The van der Waals surface area contributed by atoms with Gasteiger partial charge >= 0.3 is 7.82 Å². The zero-order chi connectivity index (χ0) is 16.4. The molecule has 0 atom stereocenters. The number of hydrogen-bond acceptors (Lipinski definition) is 4. The third-order valence-corrected chi connectivity index (χ3v) is 2.07. The van der Waals surface area contributed by atoms with Gasteiger partial charge in [0.25, 0.3) is 0 Å². The molecular formula is C12H32NO6P. The second kappa shape index (κ2) is 19.0. The Morgan fingerprint density at radius 3 is 1.55 bits per heavy atom. The highest BCUT2D eigenvalue weighted by Gasteiger charge is 2.00. The summed E-state index contributed by atoms with van der Waals surface area (Å²) in [6.07, 6.45) is 7.56. The van der Waals surface area contributed by atoms with Crippen LogP contribution in [0.15, 0.2) is 0 Å². The summed E-state index contributed by atoms with van der Waals surface area (Å²) in [6.45, 7) is 5.38. The normalized spacial score (nSPS) is 10.4. The Morgan fingerprint density at radius 2 is 1.25 bits per heavy atom. The lowest BCUT2D eigenvalue weighted by molar-refractivity contribution is 0.275. The first-order valence-electron chi connectivity index (χ1n) is 6.89. The molecule has 0 aromatic rings. The Bertz CT molecular complexity index is 200. The highest BCUT2D eigenvalue weighted by Crippen LogP contribution is 2.25. The van der Waals surface area contributed by atoms with Crippen molar-refractivity contribution in [1.82, 2.24) is 0 Å². The minimum absolute atomic E-state index is 0.0972. The number of phosphoric acid groups is 1. The van der Waals surface area contributed by atoms with E-state index in [9.17, 15) is 0 Å². The number of hydrogen-bond donors (Lipinski definition) is 6. The summed E-state index contributed by atoms with van der Waals surface area (Å²) >= 11 is 0. The standard InChI is InChI=1S/C10H22O.C2H7NO.H3O4P/c1-10(2)8-6-4-3-5-7-9-11;3-1-2-4;1-5(2,3)4/h10-11H,3-9H2,1-2H3;4H,1-3H2;(H3,1,2,3,4). The van der Waals surface area contributed by atoms with Gasteiger partial charge in [0.2, 0.25) is 0 Å². The van der Waals surface area contributed by atoms with Gasteiger partial charge in [-0.25, -0.2) is 4.57 Å². The Hall–Kier alpha value is -0.0100. The summed E-state index contributed by atoms with van der Waals surface area (Å²) < 4.78 is 8.88. The molecule has 7 N–H and O–H groups in total. The van der Waals surface area contributed by atoms with Crippen molar-refractivity contribution < 1.29 is 29.5 Å². The number of unbranched alkanes of at least 4 members (excludes halogenated alkanes) is 4. The van der Waals surface area contributed by atoms with Gasteiger partial charge in [-0.3, -0.25) is 0 Å². The van der Waals surface area contributed by atoms with E-state index in [1.165, 1.54) is 32.1 Å². The van der Waals surface area contributed by atoms with E-state index in [1.807, 2.05) is 0 Å². The topological polar surface area (TPSA) is 144 Å². The zero-order valence-corrected chi connectivity index (χ0v) is 13.5. The van der Waals surface area contributed by atoms with Crippen LogP contribution in [0.4, 0.5) is 0 Å². The van der Waals surface area contributed by atoms with Crippen molar-refractivity contribution in [1.29, 1.82) is 0 Å². The van der Waals surface area contributed by atoms with Crippen LogP contribution in [0.2, 0.25) is 0 Å². The fourth-order valence-electron chi connectivity index (χ4n) is 1.19. The van der Waals surface area contributed by atoms with Crippen molar-refractivity contribution in [3.05, 3.63) is 0 Å². The van der Waals surface area contributed by atoms with E-state index in [1.54, 1.807) is 0 Å². The average Bonchev–Trinajstić information content (AvgIpc) is 2.31. The summed E-state index contributed by atoms with van der Waals surface area (Å²) in [5.41, 5.74) is 4.78. The molecule has 7 nitrogen and oxygen atoms in total. The van der Waals surface area contributed by atoms with Crippen molar-refractivity contribution in [2.24, 2.45) is 11.7 Å². The molecule has 0 heterocycles. The van der Waals surface area contributed by atoms with E-state index in [0.717, 1.165) is 12.3 Å². The molecule has 8 heteroatoms. The van der Waals surface area contributed by atoms with E-state index in [-0.39, 0.29) is 6.61 Å². The lowest BCUT2D eigenvalue weighted by Gasteiger charge is -2.03. The molecule has 0 unspecified atom stereocenters. The van der Waals surface area contributed by atoms with Gasteiger partial charge in [0.05, 0.1) is 6.61 Å². The smallest absolute Gasteiger partial charge is 0.396 e. The number of aliphatic hydroxyl groups is 2. The molecule has 0 aliphatic carbocycles. The van der Waals surface area contributed by atoms with Crippen LogP contribution in [-0.4, -0.2) is 44.7 Å². The van der Waals surface area contributed by atoms with E-state index in [0.29, 0.717) is 13.2 Å². The van der Waals surface area contributed by atoms with Gasteiger partial charge in [0.1, 0.15) is 0 Å². The summed E-state index contributed by atoms with van der Waals surface area (Å²) in [5, 5.41) is 16.3. The summed E-state index contributed by atoms with van der Waals surface area (Å²) in [7, 11) is -4.64. The van der Waals surface area contributed by atoms with Gasteiger partial charge < -0.3 is 30.6 Å². The lowest BCUT2D eigenvalue weighted by Crippen LogP contribution is -2.02. The maximum Gasteiger partial charge on any atom is 0.466 e. The molecule has 0 saturated heterocycles. The number of rotatable bonds is 8. The van der Waals surface area contributed by atoms with Crippen LogP contribution in [0.1, 0.15) is 52.4 Å². The summed E-state index contributed by atoms with van der Waals surface area (Å²) in [4.78, 5) is 21.6. The molecule has 0 aliphatic heterocycles. The van der Waals surface area contributed by atoms with Gasteiger partial charge in [-0.2, -0.15) is 0 Å². The summed E-state index contributed by atoms with van der Waals surface area (Å²) in [5.74, 6) is 0.854. The van der Waals surface area contributed by atoms with Crippen LogP contribution in [0.3, 0.4) is 0 Å². The second-order valence-corrected chi connectivity index (χ2v) is 5.73. The van der Waals surface area contributed by atoms with Crippen LogP contribution < -0.4 is 5.73 Å². The molecule has 0 spiro atoms. The minimum atomic E-state index is -4.64. The third kappa shape index (κ3) is 64.3. The molecule has 0 saturated carbocycles. The number of aliphatic hydroxyl groups excluding tert-OH is 2. The van der Waals surface area contributed by atoms with E-state index >= 15 is 0 Å². The predicted octanol–water partition coefficient (Wildman–Crippen LogP) is 0.984. The Morgan fingerprint density at radius 1 is 0.900 bits per heavy atom. The lowest BCUT2D eigenvalue weighted by atomic mass is 10.0. The fraction of sp³-hybridized carbons (Fsp3) is 1.00. The molecule has 20 heavy (non-hydrogen) atoms. The molecule has 0 bridgehead atoms. The minimum Gasteiger partial charge on any atom is -0.396 e. The van der Waals surface area contributed by atoms with Crippen LogP contribution >= 0.6 is 7.82 Å². The molecular weight excluding hydrogens is 285 g/mol. The largest absolute Gasteiger partial charge is 0.466 e. The first-order chi connectivity index (χ1) is 9.18. The van der Waals surface area contributed by atoms with Crippen molar-refractivity contribution >= 4 is 7.82 Å². The van der Waals surface area contributed by atoms with Crippen LogP contribution in [0.5, 0.6) is 0 Å². The van der Waals surface area contributed by atoms with Gasteiger partial charge in [0, 0.05) is 13.2 Å². The molecule has 126 valence electrons. The van der Waals surface area contributed by atoms with E-state index in [4.69, 9.17) is 35.2 Å². The molecule has 0 aromatic carbocycles. The monoisotopic (exact) mass is 317 g/mol. The van der Waals surface area contributed by atoms with Gasteiger partial charge in [0.15, 0.2) is 0 Å². The van der Waals surface area contributed by atoms with Crippen molar-refractivity contribution in [3.63, 3.8) is 0 Å². The van der Waals surface area contributed by atoms with E-state index in [2.05, 4.69) is 13.8 Å². The molecule has 0 fully saturated rings. The van der Waals surface area contributed by atoms with Crippen LogP contribution in [0, 0.1) is 5.92 Å². The first kappa shape index (κ1) is 25.0. The van der Waals surface area contributed by atoms with Crippen LogP contribution in [0.25, 0.3) is 0 Å². The Balaban J connectivity index is -0.000000266. The average molecular weight is 317 g/mol. The molecule has 0 amide bonds. The highest BCUT2D eigenvalue weighted by atomic mass is 31.2. The van der Waals surface area contributed by atoms with Crippen molar-refractivity contribution in [2.45, 2.75) is 52.4 Å². The maximum absolute atomic E-state index is 8.88. The molecule has 0 aliphatic rings. The zero-order valence-electron chi connectivity index (χ0n) is 12.6. The molecule has 0 rings (SSSR count). The summed E-state index contributed by atoms with van der Waals surface area (Å²) in [6, 6.07) is 0. The Labute approximate surface area is 122 Å². The highest BCUT2D eigenvalue weighted by molar-refractivity contribution is 7.45. The number of nitrogens with two attached hydrogens (primary N) is 1. The predicted molar refractivity (Wildman–Crippen MR) is 80.0 cm³/mol. The quantitative estimate of drug-likeness (QED) is 0.289. The van der Waals surface area contributed by atoms with E-state index < -0.39 is 7.82 Å². The van der Waals surface area contributed by atoms with Gasteiger partial charge in [-0.05, 0) is 12.3 Å². The van der Waals surface area contributed by atoms with Crippen molar-refractivity contribution in [2.75, 3.05) is 19.8 Å². The first-order valence-corrected chi connectivity index (χ1v) is 8.45.